The van der Waals surface area contributed by atoms with E-state index in [4.69, 9.17) is 4.74 Å². The monoisotopic (exact) mass is 304 g/mol. The number of aliphatic hydroxyl groups excluding tert-OH is 1. The molecule has 2 fully saturated rings. The normalized spacial score (nSPS) is 50.3. The van der Waals surface area contributed by atoms with Crippen LogP contribution in [0.25, 0.3) is 0 Å². The molecule has 22 heavy (non-hydrogen) atoms. The van der Waals surface area contributed by atoms with Gasteiger partial charge in [0.1, 0.15) is 0 Å². The molecule has 1 N–H and O–H groups in total. The molecule has 2 nitrogen and oxygen atoms in total. The van der Waals surface area contributed by atoms with E-state index < -0.39 is 0 Å². The molecule has 0 aromatic rings. The van der Waals surface area contributed by atoms with E-state index in [1.807, 2.05) is 0 Å². The second kappa shape index (κ2) is 4.60. The Morgan fingerprint density at radius 1 is 1.05 bits per heavy atom. The molecule has 0 bridgehead atoms. The molecule has 1 saturated carbocycles. The molecule has 0 spiro atoms. The van der Waals surface area contributed by atoms with Crippen molar-refractivity contribution in [3.8, 4) is 0 Å². The van der Waals surface area contributed by atoms with Crippen LogP contribution in [-0.4, -0.2) is 23.9 Å². The van der Waals surface area contributed by atoms with Gasteiger partial charge in [0.2, 0.25) is 0 Å². The van der Waals surface area contributed by atoms with Crippen LogP contribution in [0.2, 0.25) is 0 Å². The van der Waals surface area contributed by atoms with Crippen molar-refractivity contribution < 1.29 is 9.84 Å². The van der Waals surface area contributed by atoms with Gasteiger partial charge in [-0.05, 0) is 60.8 Å². The number of ether oxygens (including phenoxy) is 1. The van der Waals surface area contributed by atoms with Crippen LogP contribution in [0, 0.1) is 22.2 Å². The highest BCUT2D eigenvalue weighted by molar-refractivity contribution is 5.36. The van der Waals surface area contributed by atoms with Crippen LogP contribution in [-0.2, 0) is 4.74 Å². The fourth-order valence-corrected chi connectivity index (χ4v) is 6.68. The molecule has 0 aromatic carbocycles. The maximum Gasteiger partial charge on any atom is 0.0868 e. The zero-order valence-corrected chi connectivity index (χ0v) is 14.7. The summed E-state index contributed by atoms with van der Waals surface area (Å²) >= 11 is 0. The minimum Gasteiger partial charge on any atom is -0.390 e. The van der Waals surface area contributed by atoms with Gasteiger partial charge >= 0.3 is 0 Å². The van der Waals surface area contributed by atoms with E-state index in [0.717, 1.165) is 12.3 Å². The smallest absolute Gasteiger partial charge is 0.0868 e. The van der Waals surface area contributed by atoms with Gasteiger partial charge in [0, 0.05) is 5.41 Å². The molecular formula is C20H32O2. The first-order valence-electron chi connectivity index (χ1n) is 9.31. The third kappa shape index (κ3) is 1.80. The molecule has 2 heteroatoms. The van der Waals surface area contributed by atoms with Gasteiger partial charge in [-0.3, -0.25) is 0 Å². The third-order valence-electron chi connectivity index (χ3n) is 8.02. The van der Waals surface area contributed by atoms with Crippen LogP contribution in [0.15, 0.2) is 11.1 Å². The number of fused-ring (bicyclic) bond motifs is 4. The summed E-state index contributed by atoms with van der Waals surface area (Å²) in [6, 6.07) is 0. The SMILES string of the molecule is CC1(C)CCC[C@]2(C)C3=C(CC[C@@H]12)[C@H]1OC[C@H](O)[C@]1(C)CC3. The topological polar surface area (TPSA) is 29.5 Å². The molecule has 0 aromatic heterocycles. The number of aliphatic hydroxyl groups is 1. The predicted octanol–water partition coefficient (Wildman–Crippen LogP) is 4.47. The maximum absolute atomic E-state index is 10.4. The van der Waals surface area contributed by atoms with Crippen LogP contribution in [0.1, 0.15) is 72.6 Å². The van der Waals surface area contributed by atoms with Gasteiger partial charge in [-0.15, -0.1) is 0 Å². The van der Waals surface area contributed by atoms with E-state index in [9.17, 15) is 5.11 Å². The van der Waals surface area contributed by atoms with Crippen LogP contribution in [0.4, 0.5) is 0 Å². The van der Waals surface area contributed by atoms with Crippen LogP contribution in [0.3, 0.4) is 0 Å². The summed E-state index contributed by atoms with van der Waals surface area (Å²) in [5.74, 6) is 0.822. The van der Waals surface area contributed by atoms with Crippen LogP contribution >= 0.6 is 0 Å². The summed E-state index contributed by atoms with van der Waals surface area (Å²) in [6.45, 7) is 10.3. The van der Waals surface area contributed by atoms with Crippen molar-refractivity contribution in [2.24, 2.45) is 22.2 Å². The molecule has 3 aliphatic carbocycles. The average Bonchev–Trinajstić information content (AvgIpc) is 2.74. The minimum atomic E-state index is -0.278. The molecule has 124 valence electrons. The second-order valence-corrected chi connectivity index (χ2v) is 9.59. The first-order chi connectivity index (χ1) is 10.3. The zero-order chi connectivity index (χ0) is 15.8. The van der Waals surface area contributed by atoms with Gasteiger partial charge in [0.25, 0.3) is 0 Å². The first kappa shape index (κ1) is 15.2. The standard InChI is InChI=1S/C20H32O2/c1-18(2)9-5-10-19(3)14-8-11-20(4)16(21)12-22-17(20)13(14)6-7-15(18)19/h15-17,21H,5-12H2,1-4H3/t15-,16-,17+,19+,20-/m0/s1. The van der Waals surface area contributed by atoms with Crippen molar-refractivity contribution >= 4 is 0 Å². The molecule has 4 aliphatic rings. The van der Waals surface area contributed by atoms with Crippen molar-refractivity contribution in [2.45, 2.75) is 84.8 Å². The van der Waals surface area contributed by atoms with Gasteiger partial charge < -0.3 is 9.84 Å². The molecule has 1 heterocycles. The van der Waals surface area contributed by atoms with E-state index in [2.05, 4.69) is 27.7 Å². The lowest BCUT2D eigenvalue weighted by atomic mass is 9.47. The Labute approximate surface area is 135 Å². The third-order valence-corrected chi connectivity index (χ3v) is 8.02. The highest BCUT2D eigenvalue weighted by Crippen LogP contribution is 2.64. The van der Waals surface area contributed by atoms with Crippen molar-refractivity contribution in [3.63, 3.8) is 0 Å². The van der Waals surface area contributed by atoms with E-state index >= 15 is 0 Å². The lowest BCUT2D eigenvalue weighted by molar-refractivity contribution is -0.0153. The highest BCUT2D eigenvalue weighted by Gasteiger charge is 2.57. The van der Waals surface area contributed by atoms with Gasteiger partial charge in [0.05, 0.1) is 18.8 Å². The van der Waals surface area contributed by atoms with Gasteiger partial charge in [-0.1, -0.05) is 39.7 Å². The summed E-state index contributed by atoms with van der Waals surface area (Å²) in [5.41, 5.74) is 4.14. The van der Waals surface area contributed by atoms with E-state index in [1.54, 1.807) is 11.1 Å². The summed E-state index contributed by atoms with van der Waals surface area (Å²) in [5, 5.41) is 10.4. The Hall–Kier alpha value is -0.340. The van der Waals surface area contributed by atoms with Crippen molar-refractivity contribution in [2.75, 3.05) is 6.61 Å². The van der Waals surface area contributed by atoms with E-state index in [1.165, 1.54) is 38.5 Å². The number of hydrogen-bond donors (Lipinski definition) is 1. The Balaban J connectivity index is 1.77. The Morgan fingerprint density at radius 3 is 2.59 bits per heavy atom. The summed E-state index contributed by atoms with van der Waals surface area (Å²) in [4.78, 5) is 0. The maximum atomic E-state index is 10.4. The Morgan fingerprint density at radius 2 is 1.82 bits per heavy atom. The Bertz CT molecular complexity index is 520. The van der Waals surface area contributed by atoms with Crippen molar-refractivity contribution in [1.29, 1.82) is 0 Å². The fourth-order valence-electron chi connectivity index (χ4n) is 6.68. The minimum absolute atomic E-state index is 0.0355. The predicted molar refractivity (Wildman–Crippen MR) is 88.6 cm³/mol. The fraction of sp³-hybridized carbons (Fsp3) is 0.900. The van der Waals surface area contributed by atoms with Gasteiger partial charge in [-0.2, -0.15) is 0 Å². The number of rotatable bonds is 0. The van der Waals surface area contributed by atoms with Crippen molar-refractivity contribution in [3.05, 3.63) is 11.1 Å². The Kier molecular flexibility index (Phi) is 3.18. The molecule has 4 rings (SSSR count). The van der Waals surface area contributed by atoms with Crippen LogP contribution in [0.5, 0.6) is 0 Å². The summed E-state index contributed by atoms with van der Waals surface area (Å²) in [6.07, 6.45) is 8.81. The average molecular weight is 304 g/mol. The van der Waals surface area contributed by atoms with Gasteiger partial charge in [-0.25, -0.2) is 0 Å². The summed E-state index contributed by atoms with van der Waals surface area (Å²) < 4.78 is 6.11. The quantitative estimate of drug-likeness (QED) is 0.669. The highest BCUT2D eigenvalue weighted by atomic mass is 16.5. The molecule has 0 amide bonds. The molecule has 5 atom stereocenters. The molecule has 1 aliphatic heterocycles. The first-order valence-corrected chi connectivity index (χ1v) is 9.31. The lowest BCUT2D eigenvalue weighted by Crippen LogP contribution is -2.50. The van der Waals surface area contributed by atoms with Crippen molar-refractivity contribution in [1.82, 2.24) is 0 Å². The number of allylic oxidation sites excluding steroid dienone is 1. The van der Waals surface area contributed by atoms with Crippen LogP contribution < -0.4 is 0 Å². The number of hydrogen-bond acceptors (Lipinski definition) is 2. The lowest BCUT2D eigenvalue weighted by Gasteiger charge is -2.58. The molecule has 0 radical (unpaired) electrons. The zero-order valence-electron chi connectivity index (χ0n) is 14.7. The van der Waals surface area contributed by atoms with E-state index in [-0.39, 0.29) is 17.6 Å². The second-order valence-electron chi connectivity index (χ2n) is 9.59. The molecular weight excluding hydrogens is 272 g/mol. The molecule has 0 unspecified atom stereocenters. The van der Waals surface area contributed by atoms with Gasteiger partial charge in [0.15, 0.2) is 0 Å². The van der Waals surface area contributed by atoms with E-state index in [0.29, 0.717) is 17.4 Å². The summed E-state index contributed by atoms with van der Waals surface area (Å²) in [7, 11) is 0. The molecule has 1 saturated heterocycles. The largest absolute Gasteiger partial charge is 0.390 e.